The van der Waals surface area contributed by atoms with Crippen LogP contribution in [0.5, 0.6) is 6.01 Å². The van der Waals surface area contributed by atoms with Gasteiger partial charge in [0.05, 0.1) is 36.6 Å². The zero-order chi connectivity index (χ0) is 29.8. The van der Waals surface area contributed by atoms with Crippen LogP contribution in [0.25, 0.3) is 22.5 Å². The third-order valence-electron chi connectivity index (χ3n) is 7.21. The van der Waals surface area contributed by atoms with Gasteiger partial charge < -0.3 is 24.5 Å². The molecule has 5 rings (SSSR count). The standard InChI is InChI=1S/C32H33FN4O5/c1-19(2)29-28(31(40)35-22-7-5-4-6-8-22)27(25-13-15-34-32(36-25)41-3)30(20-9-11-21(33)12-10-20)37(29)16-14-24-17-23(38)18-26(39)42-24/h4-13,15,19,23-24,38H,14,16-18H2,1-3H3,(H,35,40)/t23-,24-/m0/s1. The lowest BCUT2D eigenvalue weighted by Gasteiger charge is -2.27. The van der Waals surface area contributed by atoms with E-state index >= 15 is 0 Å². The maximum Gasteiger partial charge on any atom is 0.316 e. The molecule has 1 saturated heterocycles. The monoisotopic (exact) mass is 572 g/mol. The summed E-state index contributed by atoms with van der Waals surface area (Å²) in [5.74, 6) is -1.29. The van der Waals surface area contributed by atoms with Crippen LogP contribution in [0.4, 0.5) is 10.1 Å². The number of methoxy groups -OCH3 is 1. The number of benzene rings is 2. The van der Waals surface area contributed by atoms with Crippen LogP contribution < -0.4 is 10.1 Å². The van der Waals surface area contributed by atoms with Crippen LogP contribution in [0.1, 0.15) is 55.1 Å². The molecule has 2 N–H and O–H groups in total. The highest BCUT2D eigenvalue weighted by molar-refractivity contribution is 6.12. The molecule has 0 spiro atoms. The number of hydrogen-bond donors (Lipinski definition) is 2. The fourth-order valence-electron chi connectivity index (χ4n) is 5.46. The quantitative estimate of drug-likeness (QED) is 0.251. The molecule has 10 heteroatoms. The smallest absolute Gasteiger partial charge is 0.316 e. The number of cyclic esters (lactones) is 1. The van der Waals surface area contributed by atoms with Crippen molar-refractivity contribution in [1.29, 1.82) is 0 Å². The van der Waals surface area contributed by atoms with E-state index in [1.165, 1.54) is 19.2 Å². The number of amides is 1. The maximum atomic E-state index is 14.2. The minimum Gasteiger partial charge on any atom is -0.467 e. The maximum absolute atomic E-state index is 14.2. The van der Waals surface area contributed by atoms with E-state index in [-0.39, 0.29) is 24.3 Å². The molecule has 218 valence electrons. The first-order valence-electron chi connectivity index (χ1n) is 13.9. The SMILES string of the molecule is COc1nccc(-c2c(C(=O)Nc3ccccc3)c(C(C)C)n(CC[C@H]3C[C@H](O)CC(=O)O3)c2-c2ccc(F)cc2)n1. The second-order valence-corrected chi connectivity index (χ2v) is 10.5. The fraction of sp³-hybridized carbons (Fsp3) is 0.312. The molecular formula is C32H33FN4O5. The number of nitrogens with zero attached hydrogens (tertiary/aromatic N) is 3. The van der Waals surface area contributed by atoms with Crippen molar-refractivity contribution in [2.24, 2.45) is 0 Å². The lowest BCUT2D eigenvalue weighted by atomic mass is 9.97. The Labute approximate surface area is 243 Å². The van der Waals surface area contributed by atoms with E-state index < -0.39 is 24.0 Å². The Morgan fingerprint density at radius 3 is 2.57 bits per heavy atom. The second-order valence-electron chi connectivity index (χ2n) is 10.5. The predicted molar refractivity (Wildman–Crippen MR) is 156 cm³/mol. The largest absolute Gasteiger partial charge is 0.467 e. The summed E-state index contributed by atoms with van der Waals surface area (Å²) in [6.07, 6.45) is 1.00. The Bertz CT molecular complexity index is 1570. The highest BCUT2D eigenvalue weighted by Gasteiger charge is 2.33. The number of ether oxygens (including phenoxy) is 2. The van der Waals surface area contributed by atoms with Crippen molar-refractivity contribution in [3.8, 4) is 28.5 Å². The van der Waals surface area contributed by atoms with Gasteiger partial charge in [0, 0.05) is 42.5 Å². The summed E-state index contributed by atoms with van der Waals surface area (Å²) in [5.41, 5.74) is 4.10. The third kappa shape index (κ3) is 6.18. The summed E-state index contributed by atoms with van der Waals surface area (Å²) >= 11 is 0. The second kappa shape index (κ2) is 12.5. The molecule has 9 nitrogen and oxygen atoms in total. The molecule has 3 heterocycles. The molecule has 1 fully saturated rings. The Morgan fingerprint density at radius 1 is 1.17 bits per heavy atom. The first kappa shape index (κ1) is 28.9. The van der Waals surface area contributed by atoms with Gasteiger partial charge in [-0.1, -0.05) is 32.0 Å². The summed E-state index contributed by atoms with van der Waals surface area (Å²) in [5, 5.41) is 13.2. The van der Waals surface area contributed by atoms with Gasteiger partial charge in [-0.25, -0.2) is 9.37 Å². The van der Waals surface area contributed by atoms with E-state index in [0.717, 1.165) is 5.69 Å². The Morgan fingerprint density at radius 2 is 1.90 bits per heavy atom. The first-order chi connectivity index (χ1) is 20.2. The van der Waals surface area contributed by atoms with Gasteiger partial charge in [-0.15, -0.1) is 0 Å². The number of aliphatic hydroxyl groups excluding tert-OH is 1. The number of esters is 1. The molecule has 0 unspecified atom stereocenters. The van der Waals surface area contributed by atoms with Crippen LogP contribution in [-0.2, 0) is 16.1 Å². The number of halogens is 1. The van der Waals surface area contributed by atoms with Gasteiger partial charge in [0.2, 0.25) is 0 Å². The fourth-order valence-corrected chi connectivity index (χ4v) is 5.46. The number of aliphatic hydroxyl groups is 1. The molecule has 0 bridgehead atoms. The highest BCUT2D eigenvalue weighted by atomic mass is 19.1. The molecule has 1 aliphatic rings. The van der Waals surface area contributed by atoms with Gasteiger partial charge >= 0.3 is 12.0 Å². The van der Waals surface area contributed by atoms with Crippen molar-refractivity contribution in [1.82, 2.24) is 14.5 Å². The van der Waals surface area contributed by atoms with Gasteiger partial charge in [-0.05, 0) is 53.9 Å². The molecule has 2 aromatic heterocycles. The van der Waals surface area contributed by atoms with Crippen molar-refractivity contribution in [3.05, 3.63) is 83.9 Å². The third-order valence-corrected chi connectivity index (χ3v) is 7.21. The Balaban J connectivity index is 1.74. The first-order valence-corrected chi connectivity index (χ1v) is 13.9. The summed E-state index contributed by atoms with van der Waals surface area (Å²) < 4.78 is 27.0. The van der Waals surface area contributed by atoms with Crippen molar-refractivity contribution in [2.75, 3.05) is 12.4 Å². The molecular weight excluding hydrogens is 539 g/mol. The molecule has 1 amide bonds. The van der Waals surface area contributed by atoms with Crippen molar-refractivity contribution >= 4 is 17.6 Å². The summed E-state index contributed by atoms with van der Waals surface area (Å²) in [4.78, 5) is 35.0. The van der Waals surface area contributed by atoms with Crippen molar-refractivity contribution in [3.63, 3.8) is 0 Å². The van der Waals surface area contributed by atoms with E-state index in [9.17, 15) is 19.1 Å². The van der Waals surface area contributed by atoms with Crippen LogP contribution in [0, 0.1) is 5.82 Å². The lowest BCUT2D eigenvalue weighted by Crippen LogP contribution is -2.33. The van der Waals surface area contributed by atoms with Crippen molar-refractivity contribution in [2.45, 2.75) is 57.8 Å². The number of para-hydroxylation sites is 1. The molecule has 2 atom stereocenters. The molecule has 42 heavy (non-hydrogen) atoms. The number of carbonyl (C=O) groups excluding carboxylic acids is 2. The summed E-state index contributed by atoms with van der Waals surface area (Å²) in [6.45, 7) is 4.35. The molecule has 4 aromatic rings. The van der Waals surface area contributed by atoms with Crippen LogP contribution in [0.3, 0.4) is 0 Å². The number of aromatic nitrogens is 3. The molecule has 1 aliphatic heterocycles. The van der Waals surface area contributed by atoms with E-state index in [0.29, 0.717) is 53.2 Å². The van der Waals surface area contributed by atoms with Gasteiger partial charge in [0.25, 0.3) is 5.91 Å². The van der Waals surface area contributed by atoms with E-state index in [1.54, 1.807) is 36.5 Å². The molecule has 2 aromatic carbocycles. The summed E-state index contributed by atoms with van der Waals surface area (Å²) in [7, 11) is 1.47. The molecule has 0 saturated carbocycles. The molecule has 0 aliphatic carbocycles. The summed E-state index contributed by atoms with van der Waals surface area (Å²) in [6, 6.07) is 17.1. The minimum absolute atomic E-state index is 0.0262. The average Bonchev–Trinajstić information content (AvgIpc) is 3.32. The average molecular weight is 573 g/mol. The Hall–Kier alpha value is -4.57. The van der Waals surface area contributed by atoms with Crippen LogP contribution in [0.2, 0.25) is 0 Å². The zero-order valence-corrected chi connectivity index (χ0v) is 23.7. The van der Waals surface area contributed by atoms with E-state index in [2.05, 4.69) is 15.3 Å². The van der Waals surface area contributed by atoms with Gasteiger partial charge in [0.15, 0.2) is 0 Å². The number of anilines is 1. The van der Waals surface area contributed by atoms with E-state index in [4.69, 9.17) is 9.47 Å². The van der Waals surface area contributed by atoms with E-state index in [1.807, 2.05) is 36.6 Å². The topological polar surface area (TPSA) is 116 Å². The van der Waals surface area contributed by atoms with Crippen molar-refractivity contribution < 1.29 is 28.6 Å². The number of nitrogens with one attached hydrogen (secondary N) is 1. The predicted octanol–water partition coefficient (Wildman–Crippen LogP) is 5.59. The minimum atomic E-state index is -0.765. The highest BCUT2D eigenvalue weighted by Crippen LogP contribution is 2.42. The normalized spacial score (nSPS) is 16.8. The number of rotatable bonds is 9. The molecule has 0 radical (unpaired) electrons. The van der Waals surface area contributed by atoms with Crippen LogP contribution in [-0.4, -0.2) is 50.8 Å². The number of carbonyl (C=O) groups is 2. The van der Waals surface area contributed by atoms with Gasteiger partial charge in [0.1, 0.15) is 11.9 Å². The number of hydrogen-bond acceptors (Lipinski definition) is 7. The van der Waals surface area contributed by atoms with Crippen LogP contribution >= 0.6 is 0 Å². The lowest BCUT2D eigenvalue weighted by molar-refractivity contribution is -0.160. The van der Waals surface area contributed by atoms with Crippen LogP contribution in [0.15, 0.2) is 66.9 Å². The van der Waals surface area contributed by atoms with Gasteiger partial charge in [-0.3, -0.25) is 9.59 Å². The van der Waals surface area contributed by atoms with Gasteiger partial charge in [-0.2, -0.15) is 4.98 Å². The Kier molecular flexibility index (Phi) is 8.63. The zero-order valence-electron chi connectivity index (χ0n) is 23.7.